The maximum atomic E-state index is 13.5. The number of hydrogen-bond acceptors (Lipinski definition) is 3. The van der Waals surface area contributed by atoms with E-state index in [0.29, 0.717) is 6.42 Å². The van der Waals surface area contributed by atoms with Crippen LogP contribution in [0.15, 0.2) is 65.3 Å². The third-order valence-corrected chi connectivity index (χ3v) is 5.52. The fourth-order valence-electron chi connectivity index (χ4n) is 3.48. The molecular formula is C23H24BrNO3. The number of carbonyl (C=O) groups is 2. The lowest BCUT2D eigenvalue weighted by Crippen LogP contribution is -2.39. The molecule has 1 aliphatic heterocycles. The van der Waals surface area contributed by atoms with Crippen LogP contribution in [-0.2, 0) is 19.7 Å². The van der Waals surface area contributed by atoms with Gasteiger partial charge in [0.2, 0.25) is 5.91 Å². The summed E-state index contributed by atoms with van der Waals surface area (Å²) in [6, 6.07) is 15.6. The zero-order valence-corrected chi connectivity index (χ0v) is 18.1. The number of benzene rings is 2. The summed E-state index contributed by atoms with van der Waals surface area (Å²) in [5.74, 6) is -0.310. The first-order chi connectivity index (χ1) is 13.2. The van der Waals surface area contributed by atoms with Gasteiger partial charge in [0.05, 0.1) is 11.7 Å². The van der Waals surface area contributed by atoms with Crippen LogP contribution < -0.4 is 4.90 Å². The molecule has 0 N–H and O–H groups in total. The summed E-state index contributed by atoms with van der Waals surface area (Å²) in [7, 11) is 1.79. The average Bonchev–Trinajstić information content (AvgIpc) is 2.87. The molecule has 1 aliphatic rings. The highest BCUT2D eigenvalue weighted by Crippen LogP contribution is 2.48. The molecular weight excluding hydrogens is 418 g/mol. The van der Waals surface area contributed by atoms with Crippen LogP contribution in [0.3, 0.4) is 0 Å². The Morgan fingerprint density at radius 2 is 1.86 bits per heavy atom. The van der Waals surface area contributed by atoms with Gasteiger partial charge < -0.3 is 9.64 Å². The quantitative estimate of drug-likeness (QED) is 0.483. The standard InChI is InChI=1S/C23H24BrNO3/c1-22(2,3)21(27)28-14-8-13-23(16-9-6-5-7-10-16)18-12-11-17(24)15-19(18)25(4)20(23)26/h5-12,14-15H,13H2,1-4H3/b14-8+. The Balaban J connectivity index is 2.02. The van der Waals surface area contributed by atoms with Gasteiger partial charge in [0.1, 0.15) is 5.41 Å². The van der Waals surface area contributed by atoms with Crippen LogP contribution in [0.1, 0.15) is 38.3 Å². The lowest BCUT2D eigenvalue weighted by atomic mass is 9.73. The van der Waals surface area contributed by atoms with Gasteiger partial charge in [-0.15, -0.1) is 0 Å². The van der Waals surface area contributed by atoms with E-state index in [-0.39, 0.29) is 11.9 Å². The fraction of sp³-hybridized carbons (Fsp3) is 0.304. The number of halogens is 1. The summed E-state index contributed by atoms with van der Waals surface area (Å²) in [6.45, 7) is 5.41. The van der Waals surface area contributed by atoms with Gasteiger partial charge in [-0.25, -0.2) is 0 Å². The molecule has 1 atom stereocenters. The highest BCUT2D eigenvalue weighted by Gasteiger charge is 2.50. The summed E-state index contributed by atoms with van der Waals surface area (Å²) in [6.07, 6.45) is 3.56. The first-order valence-corrected chi connectivity index (χ1v) is 9.97. The highest BCUT2D eigenvalue weighted by molar-refractivity contribution is 9.10. The van der Waals surface area contributed by atoms with E-state index in [4.69, 9.17) is 4.74 Å². The first-order valence-electron chi connectivity index (χ1n) is 9.18. The van der Waals surface area contributed by atoms with E-state index < -0.39 is 10.8 Å². The summed E-state index contributed by atoms with van der Waals surface area (Å²) in [4.78, 5) is 27.2. The summed E-state index contributed by atoms with van der Waals surface area (Å²) in [5.41, 5.74) is 1.31. The average molecular weight is 442 g/mol. The highest BCUT2D eigenvalue weighted by atomic mass is 79.9. The SMILES string of the molecule is CN1C(=O)C(C/C=C/OC(=O)C(C)(C)C)(c2ccccc2)c2ccc(Br)cc21. The molecule has 2 aromatic carbocycles. The molecule has 2 aromatic rings. The van der Waals surface area contributed by atoms with Crippen LogP contribution in [0, 0.1) is 5.41 Å². The molecule has 0 saturated carbocycles. The van der Waals surface area contributed by atoms with E-state index in [9.17, 15) is 9.59 Å². The molecule has 0 aliphatic carbocycles. The smallest absolute Gasteiger partial charge is 0.316 e. The van der Waals surface area contributed by atoms with E-state index in [1.54, 1.807) is 38.8 Å². The van der Waals surface area contributed by atoms with Crippen LogP contribution in [0.2, 0.25) is 0 Å². The monoisotopic (exact) mass is 441 g/mol. The van der Waals surface area contributed by atoms with E-state index in [1.165, 1.54) is 6.26 Å². The summed E-state index contributed by atoms with van der Waals surface area (Å²) < 4.78 is 6.19. The zero-order chi connectivity index (χ0) is 20.5. The molecule has 28 heavy (non-hydrogen) atoms. The van der Waals surface area contributed by atoms with Gasteiger partial charge in [-0.1, -0.05) is 52.3 Å². The number of fused-ring (bicyclic) bond motifs is 1. The number of ether oxygens (including phenoxy) is 1. The summed E-state index contributed by atoms with van der Waals surface area (Å²) >= 11 is 3.49. The van der Waals surface area contributed by atoms with Gasteiger partial charge in [0.15, 0.2) is 0 Å². The van der Waals surface area contributed by atoms with Crippen molar-refractivity contribution in [2.45, 2.75) is 32.6 Å². The molecule has 0 radical (unpaired) electrons. The molecule has 0 spiro atoms. The van der Waals surface area contributed by atoms with Crippen LogP contribution in [0.4, 0.5) is 5.69 Å². The Kier molecular flexibility index (Phi) is 5.48. The minimum absolute atomic E-state index is 0.00130. The minimum Gasteiger partial charge on any atom is -0.434 e. The van der Waals surface area contributed by atoms with Crippen LogP contribution in [0.25, 0.3) is 0 Å². The van der Waals surface area contributed by atoms with Gasteiger partial charge >= 0.3 is 5.97 Å². The third-order valence-electron chi connectivity index (χ3n) is 5.02. The van der Waals surface area contributed by atoms with Gasteiger partial charge in [0.25, 0.3) is 0 Å². The molecule has 3 rings (SSSR count). The molecule has 4 nitrogen and oxygen atoms in total. The van der Waals surface area contributed by atoms with E-state index >= 15 is 0 Å². The number of hydrogen-bond donors (Lipinski definition) is 0. The largest absolute Gasteiger partial charge is 0.434 e. The number of esters is 1. The number of rotatable bonds is 4. The second-order valence-corrected chi connectivity index (χ2v) is 8.94. The molecule has 1 heterocycles. The zero-order valence-electron chi connectivity index (χ0n) is 16.5. The van der Waals surface area contributed by atoms with Crippen molar-refractivity contribution >= 4 is 33.5 Å². The topological polar surface area (TPSA) is 46.6 Å². The predicted molar refractivity (Wildman–Crippen MR) is 114 cm³/mol. The number of allylic oxidation sites excluding steroid dienone is 1. The van der Waals surface area contributed by atoms with Crippen molar-refractivity contribution in [2.24, 2.45) is 5.41 Å². The van der Waals surface area contributed by atoms with Crippen molar-refractivity contribution in [3.63, 3.8) is 0 Å². The van der Waals surface area contributed by atoms with Crippen LogP contribution >= 0.6 is 15.9 Å². The van der Waals surface area contributed by atoms with Gasteiger partial charge in [-0.3, -0.25) is 9.59 Å². The molecule has 1 amide bonds. The number of anilines is 1. The molecule has 0 saturated heterocycles. The van der Waals surface area contributed by atoms with Crippen molar-refractivity contribution in [3.8, 4) is 0 Å². The summed E-state index contributed by atoms with van der Waals surface area (Å²) in [5, 5.41) is 0. The Morgan fingerprint density at radius 3 is 2.50 bits per heavy atom. The Morgan fingerprint density at radius 1 is 1.18 bits per heavy atom. The second-order valence-electron chi connectivity index (χ2n) is 8.03. The molecule has 146 valence electrons. The van der Waals surface area contributed by atoms with Crippen molar-refractivity contribution in [3.05, 3.63) is 76.5 Å². The van der Waals surface area contributed by atoms with Gasteiger partial charge in [-0.2, -0.15) is 0 Å². The Labute approximate surface area is 174 Å². The van der Waals surface area contributed by atoms with Crippen LogP contribution in [-0.4, -0.2) is 18.9 Å². The van der Waals surface area contributed by atoms with Crippen molar-refractivity contribution in [1.82, 2.24) is 0 Å². The lowest BCUT2D eigenvalue weighted by molar-refractivity contribution is -0.146. The Bertz CT molecular complexity index is 931. The number of carbonyl (C=O) groups excluding carboxylic acids is 2. The molecule has 0 fully saturated rings. The number of nitrogens with zero attached hydrogens (tertiary/aromatic N) is 1. The molecule has 0 bridgehead atoms. The fourth-order valence-corrected chi connectivity index (χ4v) is 3.83. The number of amides is 1. The van der Waals surface area contributed by atoms with E-state index in [1.807, 2.05) is 48.5 Å². The minimum atomic E-state index is -0.851. The van der Waals surface area contributed by atoms with Crippen LogP contribution in [0.5, 0.6) is 0 Å². The molecule has 5 heteroatoms. The third kappa shape index (κ3) is 3.51. The van der Waals surface area contributed by atoms with Crippen molar-refractivity contribution in [1.29, 1.82) is 0 Å². The predicted octanol–water partition coefficient (Wildman–Crippen LogP) is 5.20. The second kappa shape index (κ2) is 7.55. The maximum absolute atomic E-state index is 13.5. The maximum Gasteiger partial charge on any atom is 0.316 e. The Hall–Kier alpha value is -2.40. The van der Waals surface area contributed by atoms with Crippen molar-refractivity contribution < 1.29 is 14.3 Å². The van der Waals surface area contributed by atoms with Gasteiger partial charge in [0, 0.05) is 17.2 Å². The molecule has 1 unspecified atom stereocenters. The van der Waals surface area contributed by atoms with Gasteiger partial charge in [-0.05, 0) is 56.5 Å². The van der Waals surface area contributed by atoms with E-state index in [2.05, 4.69) is 15.9 Å². The molecule has 0 aromatic heterocycles. The first kappa shape index (κ1) is 20.3. The van der Waals surface area contributed by atoms with E-state index in [0.717, 1.165) is 21.3 Å². The van der Waals surface area contributed by atoms with Crippen molar-refractivity contribution in [2.75, 3.05) is 11.9 Å². The lowest BCUT2D eigenvalue weighted by Gasteiger charge is -2.28. The normalized spacial score (nSPS) is 19.2. The number of likely N-dealkylation sites (N-methyl/N-ethyl adjacent to an activating group) is 1.